The van der Waals surface area contributed by atoms with Gasteiger partial charge in [0.05, 0.1) is 12.7 Å². The lowest BCUT2D eigenvalue weighted by Gasteiger charge is -2.38. The van der Waals surface area contributed by atoms with Gasteiger partial charge < -0.3 is 9.64 Å². The van der Waals surface area contributed by atoms with Crippen LogP contribution in [0.3, 0.4) is 0 Å². The minimum absolute atomic E-state index is 0.0109. The number of rotatable bonds is 4. The Labute approximate surface area is 172 Å². The number of amides is 1. The zero-order chi connectivity index (χ0) is 19.4. The van der Waals surface area contributed by atoms with Gasteiger partial charge >= 0.3 is 5.97 Å². The van der Waals surface area contributed by atoms with Gasteiger partial charge in [-0.25, -0.2) is 4.79 Å². The monoisotopic (exact) mass is 450 g/mol. The van der Waals surface area contributed by atoms with E-state index in [1.807, 2.05) is 46.2 Å². The molecule has 142 valence electrons. The summed E-state index contributed by atoms with van der Waals surface area (Å²) in [6.07, 6.45) is 0. The van der Waals surface area contributed by atoms with Crippen molar-refractivity contribution in [2.75, 3.05) is 33.3 Å². The van der Waals surface area contributed by atoms with Gasteiger partial charge in [0, 0.05) is 35.7 Å². The Bertz CT molecular complexity index is 820. The maximum atomic E-state index is 12.8. The van der Waals surface area contributed by atoms with Crippen LogP contribution in [0.5, 0.6) is 0 Å². The second-order valence-corrected chi connectivity index (χ2v) is 7.58. The lowest BCUT2D eigenvalue weighted by Crippen LogP contribution is -2.51. The predicted octanol–water partition coefficient (Wildman–Crippen LogP) is 3.77. The summed E-state index contributed by atoms with van der Waals surface area (Å²) >= 11 is 9.40. The van der Waals surface area contributed by atoms with E-state index < -0.39 is 6.04 Å². The van der Waals surface area contributed by atoms with Crippen molar-refractivity contribution in [3.05, 3.63) is 69.2 Å². The molecule has 2 aromatic rings. The maximum Gasteiger partial charge on any atom is 0.327 e. The van der Waals surface area contributed by atoms with Crippen molar-refractivity contribution in [2.45, 2.75) is 6.04 Å². The molecule has 1 heterocycles. The molecule has 7 heteroatoms. The number of carbonyl (C=O) groups excluding carboxylic acids is 2. The minimum Gasteiger partial charge on any atom is -0.468 e. The van der Waals surface area contributed by atoms with Crippen LogP contribution < -0.4 is 0 Å². The van der Waals surface area contributed by atoms with Crippen LogP contribution in [0.4, 0.5) is 0 Å². The quantitative estimate of drug-likeness (QED) is 0.664. The summed E-state index contributed by atoms with van der Waals surface area (Å²) in [4.78, 5) is 29.0. The number of methoxy groups -OCH3 is 1. The van der Waals surface area contributed by atoms with Crippen LogP contribution >= 0.6 is 27.5 Å². The van der Waals surface area contributed by atoms with Crippen LogP contribution in [0.2, 0.25) is 5.02 Å². The van der Waals surface area contributed by atoms with Gasteiger partial charge in [-0.1, -0.05) is 35.9 Å². The van der Waals surface area contributed by atoms with Gasteiger partial charge in [0.25, 0.3) is 5.91 Å². The SMILES string of the molecule is COC(=O)C(c1ccc(Cl)cc1)N1CCN(C(=O)c2ccccc2Br)CC1. The molecule has 1 atom stereocenters. The number of benzene rings is 2. The molecular formula is C20H20BrClN2O3. The highest BCUT2D eigenvalue weighted by atomic mass is 79.9. The average molecular weight is 452 g/mol. The Hall–Kier alpha value is -1.89. The van der Waals surface area contributed by atoms with Gasteiger partial charge in [-0.15, -0.1) is 0 Å². The lowest BCUT2D eigenvalue weighted by molar-refractivity contribution is -0.148. The molecule has 5 nitrogen and oxygen atoms in total. The summed E-state index contributed by atoms with van der Waals surface area (Å²) in [5.41, 5.74) is 1.48. The Morgan fingerprint density at radius 3 is 2.26 bits per heavy atom. The minimum atomic E-state index is -0.506. The largest absolute Gasteiger partial charge is 0.468 e. The Morgan fingerprint density at radius 1 is 1.04 bits per heavy atom. The smallest absolute Gasteiger partial charge is 0.327 e. The van der Waals surface area contributed by atoms with Crippen molar-refractivity contribution >= 4 is 39.4 Å². The summed E-state index contributed by atoms with van der Waals surface area (Å²) in [7, 11) is 1.39. The number of halogens is 2. The van der Waals surface area contributed by atoms with Crippen molar-refractivity contribution in [3.8, 4) is 0 Å². The van der Waals surface area contributed by atoms with Gasteiger partial charge in [0.15, 0.2) is 0 Å². The highest BCUT2D eigenvalue weighted by Crippen LogP contribution is 2.26. The van der Waals surface area contributed by atoms with E-state index >= 15 is 0 Å². The Kier molecular flexibility index (Phi) is 6.52. The van der Waals surface area contributed by atoms with Crippen molar-refractivity contribution in [1.29, 1.82) is 0 Å². The zero-order valence-electron chi connectivity index (χ0n) is 14.9. The number of nitrogens with zero attached hydrogens (tertiary/aromatic N) is 2. The third-order valence-corrected chi connectivity index (χ3v) is 5.62. The normalized spacial score (nSPS) is 16.0. The van der Waals surface area contributed by atoms with E-state index in [9.17, 15) is 9.59 Å². The molecule has 1 unspecified atom stereocenters. The number of esters is 1. The molecule has 0 aromatic heterocycles. The molecule has 0 saturated carbocycles. The fourth-order valence-electron chi connectivity index (χ4n) is 3.24. The van der Waals surface area contributed by atoms with E-state index in [-0.39, 0.29) is 11.9 Å². The zero-order valence-corrected chi connectivity index (χ0v) is 17.2. The van der Waals surface area contributed by atoms with Gasteiger partial charge in [-0.05, 0) is 45.8 Å². The number of hydrogen-bond acceptors (Lipinski definition) is 4. The van der Waals surface area contributed by atoms with Crippen LogP contribution in [-0.2, 0) is 9.53 Å². The number of carbonyl (C=O) groups is 2. The third kappa shape index (κ3) is 4.51. The van der Waals surface area contributed by atoms with Crippen molar-refractivity contribution in [1.82, 2.24) is 9.80 Å². The fourth-order valence-corrected chi connectivity index (χ4v) is 3.82. The second kappa shape index (κ2) is 8.87. The highest BCUT2D eigenvalue weighted by Gasteiger charge is 2.32. The average Bonchev–Trinajstić information content (AvgIpc) is 2.70. The molecule has 1 aliphatic heterocycles. The van der Waals surface area contributed by atoms with E-state index in [0.717, 1.165) is 10.0 Å². The molecule has 1 amide bonds. The number of hydrogen-bond donors (Lipinski definition) is 0. The molecule has 0 bridgehead atoms. The van der Waals surface area contributed by atoms with Crippen LogP contribution in [0.15, 0.2) is 53.0 Å². The van der Waals surface area contributed by atoms with Crippen LogP contribution in [-0.4, -0.2) is 55.0 Å². The molecule has 2 aromatic carbocycles. The standard InChI is InChI=1S/C20H20BrClN2O3/c1-27-20(26)18(14-6-8-15(22)9-7-14)23-10-12-24(13-11-23)19(25)16-4-2-3-5-17(16)21/h2-9,18H,10-13H2,1H3. The fraction of sp³-hybridized carbons (Fsp3) is 0.300. The van der Waals surface area contributed by atoms with Gasteiger partial charge in [-0.3, -0.25) is 9.69 Å². The van der Waals surface area contributed by atoms with E-state index in [1.165, 1.54) is 7.11 Å². The van der Waals surface area contributed by atoms with Crippen LogP contribution in [0.1, 0.15) is 22.0 Å². The molecule has 27 heavy (non-hydrogen) atoms. The van der Waals surface area contributed by atoms with Crippen molar-refractivity contribution < 1.29 is 14.3 Å². The molecule has 0 N–H and O–H groups in total. The molecular weight excluding hydrogens is 432 g/mol. The molecule has 0 aliphatic carbocycles. The molecule has 1 aliphatic rings. The first-order valence-electron chi connectivity index (χ1n) is 8.62. The molecule has 3 rings (SSSR count). The summed E-state index contributed by atoms with van der Waals surface area (Å²) in [6, 6.07) is 14.1. The van der Waals surface area contributed by atoms with Gasteiger partial charge in [0.2, 0.25) is 0 Å². The maximum absolute atomic E-state index is 12.8. The lowest BCUT2D eigenvalue weighted by atomic mass is 10.0. The second-order valence-electron chi connectivity index (χ2n) is 6.29. The van der Waals surface area contributed by atoms with Crippen LogP contribution in [0, 0.1) is 0 Å². The molecule has 0 radical (unpaired) electrons. The van der Waals surface area contributed by atoms with Crippen molar-refractivity contribution in [3.63, 3.8) is 0 Å². The van der Waals surface area contributed by atoms with E-state index in [0.29, 0.717) is 36.8 Å². The summed E-state index contributed by atoms with van der Waals surface area (Å²) in [5, 5.41) is 0.617. The first kappa shape index (κ1) is 19.9. The Balaban J connectivity index is 1.72. The topological polar surface area (TPSA) is 49.9 Å². The summed E-state index contributed by atoms with van der Waals surface area (Å²) < 4.78 is 5.79. The summed E-state index contributed by atoms with van der Waals surface area (Å²) in [6.45, 7) is 2.25. The first-order valence-corrected chi connectivity index (χ1v) is 9.79. The first-order chi connectivity index (χ1) is 13.0. The van der Waals surface area contributed by atoms with E-state index in [2.05, 4.69) is 15.9 Å². The predicted molar refractivity (Wildman–Crippen MR) is 108 cm³/mol. The Morgan fingerprint density at radius 2 is 1.67 bits per heavy atom. The molecule has 1 fully saturated rings. The van der Waals surface area contributed by atoms with Gasteiger partial charge in [-0.2, -0.15) is 0 Å². The third-order valence-electron chi connectivity index (χ3n) is 4.68. The summed E-state index contributed by atoms with van der Waals surface area (Å²) in [5.74, 6) is -0.328. The van der Waals surface area contributed by atoms with Crippen LogP contribution in [0.25, 0.3) is 0 Å². The van der Waals surface area contributed by atoms with E-state index in [1.54, 1.807) is 12.1 Å². The van der Waals surface area contributed by atoms with Gasteiger partial charge in [0.1, 0.15) is 6.04 Å². The number of piperazine rings is 1. The number of ether oxygens (including phenoxy) is 1. The highest BCUT2D eigenvalue weighted by molar-refractivity contribution is 9.10. The molecule has 0 spiro atoms. The molecule has 1 saturated heterocycles. The van der Waals surface area contributed by atoms with E-state index in [4.69, 9.17) is 16.3 Å². The van der Waals surface area contributed by atoms with Crippen molar-refractivity contribution in [2.24, 2.45) is 0 Å².